The highest BCUT2D eigenvalue weighted by Crippen LogP contribution is 2.48. The lowest BCUT2D eigenvalue weighted by Gasteiger charge is -2.44. The number of carbonyl (C=O) groups excluding carboxylic acids is 1. The fourth-order valence-electron chi connectivity index (χ4n) is 5.42. The minimum atomic E-state index is -0.114. The van der Waals surface area contributed by atoms with Crippen LogP contribution < -0.4 is 0 Å². The summed E-state index contributed by atoms with van der Waals surface area (Å²) in [6.45, 7) is 17.2. The van der Waals surface area contributed by atoms with E-state index in [4.69, 9.17) is 4.74 Å². The van der Waals surface area contributed by atoms with Gasteiger partial charge in [0, 0.05) is 13.5 Å². The van der Waals surface area contributed by atoms with Gasteiger partial charge in [0.1, 0.15) is 0 Å². The fraction of sp³-hybridized carbons (Fsp3) is 0.828. The maximum Gasteiger partial charge on any atom is 0.305 e. The van der Waals surface area contributed by atoms with Crippen LogP contribution in [0.15, 0.2) is 24.3 Å². The van der Waals surface area contributed by atoms with Crippen LogP contribution in [0.2, 0.25) is 0 Å². The molecule has 0 aromatic heterocycles. The van der Waals surface area contributed by atoms with Gasteiger partial charge in [-0.3, -0.25) is 4.79 Å². The van der Waals surface area contributed by atoms with Gasteiger partial charge in [0.2, 0.25) is 0 Å². The van der Waals surface area contributed by atoms with Crippen molar-refractivity contribution in [3.8, 4) is 0 Å². The zero-order chi connectivity index (χ0) is 24.6. The number of allylic oxidation sites excluding steroid dienone is 3. The molecule has 0 aromatic carbocycles. The number of esters is 1. The minimum absolute atomic E-state index is 0.114. The molecule has 4 atom stereocenters. The van der Waals surface area contributed by atoms with Crippen molar-refractivity contribution in [3.63, 3.8) is 0 Å². The Hall–Kier alpha value is -1.09. The van der Waals surface area contributed by atoms with Crippen LogP contribution in [0, 0.1) is 23.2 Å². The highest BCUT2D eigenvalue weighted by molar-refractivity contribution is 5.69. The topological polar surface area (TPSA) is 35.5 Å². The lowest BCUT2D eigenvalue weighted by atomic mass is 9.65. The van der Waals surface area contributed by atoms with Crippen molar-refractivity contribution >= 4 is 5.97 Å². The predicted octanol–water partition coefficient (Wildman–Crippen LogP) is 8.53. The Balaban J connectivity index is 0.00000227. The van der Waals surface area contributed by atoms with E-state index < -0.39 is 0 Å². The highest BCUT2D eigenvalue weighted by Gasteiger charge is 2.40. The molecule has 2 aliphatic rings. The van der Waals surface area contributed by atoms with Crippen LogP contribution in [0.3, 0.4) is 0 Å². The molecule has 0 radical (unpaired) electrons. The van der Waals surface area contributed by atoms with Crippen molar-refractivity contribution < 1.29 is 14.3 Å². The lowest BCUT2D eigenvalue weighted by molar-refractivity contribution is -0.140. The normalized spacial score (nSPS) is 24.6. The maximum absolute atomic E-state index is 11.2. The van der Waals surface area contributed by atoms with Gasteiger partial charge in [0.25, 0.3) is 0 Å². The fourth-order valence-corrected chi connectivity index (χ4v) is 5.42. The monoisotopic (exact) mass is 450 g/mol. The average molecular weight is 451 g/mol. The summed E-state index contributed by atoms with van der Waals surface area (Å²) in [6.07, 6.45) is 17.3. The molecule has 0 bridgehead atoms. The Morgan fingerprint density at radius 3 is 2.34 bits per heavy atom. The van der Waals surface area contributed by atoms with Gasteiger partial charge >= 0.3 is 5.97 Å². The summed E-state index contributed by atoms with van der Waals surface area (Å²) in [5, 5.41) is 0. The van der Waals surface area contributed by atoms with Gasteiger partial charge in [-0.2, -0.15) is 0 Å². The van der Waals surface area contributed by atoms with Gasteiger partial charge in [-0.05, 0) is 74.5 Å². The number of hydrogen-bond donors (Lipinski definition) is 0. The molecule has 32 heavy (non-hydrogen) atoms. The Kier molecular flexibility index (Phi) is 16.8. The molecule has 3 nitrogen and oxygen atoms in total. The van der Waals surface area contributed by atoms with Gasteiger partial charge in [-0.15, -0.1) is 0 Å². The third-order valence-corrected chi connectivity index (χ3v) is 7.45. The molecular formula is C29H54O3. The van der Waals surface area contributed by atoms with Crippen LogP contribution in [-0.4, -0.2) is 26.3 Å². The summed E-state index contributed by atoms with van der Waals surface area (Å²) < 4.78 is 10.6. The van der Waals surface area contributed by atoms with Crippen LogP contribution >= 0.6 is 0 Å². The first-order valence-corrected chi connectivity index (χ1v) is 13.3. The zero-order valence-corrected chi connectivity index (χ0v) is 22.7. The first-order valence-electron chi connectivity index (χ1n) is 13.3. The van der Waals surface area contributed by atoms with Gasteiger partial charge in [0.05, 0.1) is 13.2 Å². The summed E-state index contributed by atoms with van der Waals surface area (Å²) in [7, 11) is 3.34. The van der Waals surface area contributed by atoms with Crippen molar-refractivity contribution in [2.24, 2.45) is 23.2 Å². The van der Waals surface area contributed by atoms with Gasteiger partial charge in [-0.25, -0.2) is 0 Å². The van der Waals surface area contributed by atoms with Crippen LogP contribution in [0.5, 0.6) is 0 Å². The standard InChI is InChI=1S/C25H42O3.2C2H6/c1-19-18-20(2)22(13-10-14-23(27-4)25(3)16-11-17-25)21(19)12-8-6-7-9-15-24(26)28-5;2*1-2/h6,8,20-23H,1,7,9-18H2,2-5H3;2*1-2H3/b8-6-;;/t20-,21+,22+,23?;;/m1../s1. The summed E-state index contributed by atoms with van der Waals surface area (Å²) in [5.41, 5.74) is 1.86. The number of methoxy groups -OCH3 is 2. The first-order chi connectivity index (χ1) is 15.4. The Bertz CT molecular complexity index is 533. The van der Waals surface area contributed by atoms with E-state index in [1.165, 1.54) is 57.6 Å². The molecule has 2 saturated carbocycles. The second-order valence-corrected chi connectivity index (χ2v) is 9.45. The van der Waals surface area contributed by atoms with Gasteiger partial charge < -0.3 is 9.47 Å². The molecule has 0 saturated heterocycles. The lowest BCUT2D eigenvalue weighted by Crippen LogP contribution is -2.39. The highest BCUT2D eigenvalue weighted by atomic mass is 16.5. The quantitative estimate of drug-likeness (QED) is 0.170. The Morgan fingerprint density at radius 2 is 1.81 bits per heavy atom. The van der Waals surface area contributed by atoms with E-state index in [9.17, 15) is 4.79 Å². The molecular weight excluding hydrogens is 396 g/mol. The smallest absolute Gasteiger partial charge is 0.305 e. The van der Waals surface area contributed by atoms with E-state index in [0.29, 0.717) is 23.9 Å². The summed E-state index contributed by atoms with van der Waals surface area (Å²) in [6, 6.07) is 0. The molecule has 0 heterocycles. The van der Waals surface area contributed by atoms with Gasteiger partial charge in [0.15, 0.2) is 0 Å². The van der Waals surface area contributed by atoms with Crippen LogP contribution in [-0.2, 0) is 14.3 Å². The van der Waals surface area contributed by atoms with Crippen molar-refractivity contribution in [1.82, 2.24) is 0 Å². The molecule has 2 rings (SSSR count). The van der Waals surface area contributed by atoms with Crippen LogP contribution in [0.4, 0.5) is 0 Å². The molecule has 2 fully saturated rings. The summed E-state index contributed by atoms with van der Waals surface area (Å²) >= 11 is 0. The zero-order valence-electron chi connectivity index (χ0n) is 22.7. The molecule has 0 spiro atoms. The van der Waals surface area contributed by atoms with Crippen LogP contribution in [0.25, 0.3) is 0 Å². The largest absolute Gasteiger partial charge is 0.469 e. The van der Waals surface area contributed by atoms with E-state index in [-0.39, 0.29) is 5.97 Å². The van der Waals surface area contributed by atoms with Crippen molar-refractivity contribution in [1.29, 1.82) is 0 Å². The van der Waals surface area contributed by atoms with E-state index in [2.05, 4.69) is 37.3 Å². The SMILES string of the molecule is C=C1C[C@@H](C)[C@H](CCCC(OC)C2(C)CCC2)[C@H]1C/C=C\CCCC(=O)OC.CC.CC. The van der Waals surface area contributed by atoms with E-state index in [1.54, 1.807) is 0 Å². The maximum atomic E-state index is 11.2. The predicted molar refractivity (Wildman–Crippen MR) is 139 cm³/mol. The molecule has 1 unspecified atom stereocenters. The number of carbonyl (C=O) groups is 1. The number of hydrogen-bond acceptors (Lipinski definition) is 3. The molecule has 0 N–H and O–H groups in total. The van der Waals surface area contributed by atoms with Crippen molar-refractivity contribution in [3.05, 3.63) is 24.3 Å². The Morgan fingerprint density at radius 1 is 1.16 bits per heavy atom. The second-order valence-electron chi connectivity index (χ2n) is 9.45. The minimum Gasteiger partial charge on any atom is -0.469 e. The van der Waals surface area contributed by atoms with Gasteiger partial charge in [-0.1, -0.05) is 78.7 Å². The van der Waals surface area contributed by atoms with Crippen LogP contribution in [0.1, 0.15) is 112 Å². The van der Waals surface area contributed by atoms with Crippen molar-refractivity contribution in [2.45, 2.75) is 118 Å². The van der Waals surface area contributed by atoms with E-state index in [0.717, 1.165) is 31.1 Å². The molecule has 2 aliphatic carbocycles. The molecule has 3 heteroatoms. The van der Waals surface area contributed by atoms with E-state index in [1.807, 2.05) is 34.8 Å². The third kappa shape index (κ3) is 9.81. The summed E-state index contributed by atoms with van der Waals surface area (Å²) in [4.78, 5) is 11.2. The van der Waals surface area contributed by atoms with Crippen molar-refractivity contribution in [2.75, 3.05) is 14.2 Å². The number of ether oxygens (including phenoxy) is 2. The molecule has 0 amide bonds. The second kappa shape index (κ2) is 17.4. The number of unbranched alkanes of at least 4 members (excludes halogenated alkanes) is 1. The number of rotatable bonds is 12. The third-order valence-electron chi connectivity index (χ3n) is 7.45. The van der Waals surface area contributed by atoms with E-state index >= 15 is 0 Å². The summed E-state index contributed by atoms with van der Waals surface area (Å²) in [5.74, 6) is 1.99. The molecule has 0 aliphatic heterocycles. The average Bonchev–Trinajstić information content (AvgIpc) is 3.06. The Labute approximate surface area is 200 Å². The molecule has 0 aromatic rings. The molecule has 188 valence electrons. The first kappa shape index (κ1) is 30.9.